The minimum Gasteiger partial charge on any atom is -0.363 e. The number of nitrogens with zero attached hydrogens (tertiary/aromatic N) is 4. The standard InChI is InChI=1S/C27H28F2N6O/c1-34(2)24-9-7-19(15-30-24)31-27(36)26-21-14-18(6-8-23(21)32-33-26)20-12-17(13-22(28)25(20)29)16-35-10-4-3-5-11-35/h6-9,12-15H,3-5,10-11,16H2,1-2H3,(H,31,36)(H,32,33). The Kier molecular flexibility index (Phi) is 6.65. The number of hydrogen-bond acceptors (Lipinski definition) is 5. The lowest BCUT2D eigenvalue weighted by molar-refractivity contribution is 0.102. The summed E-state index contributed by atoms with van der Waals surface area (Å²) in [4.78, 5) is 21.4. The first-order valence-electron chi connectivity index (χ1n) is 12.0. The maximum absolute atomic E-state index is 14.9. The summed E-state index contributed by atoms with van der Waals surface area (Å²) in [5.74, 6) is -1.44. The Balaban J connectivity index is 1.44. The molecule has 1 fully saturated rings. The molecule has 7 nitrogen and oxygen atoms in total. The highest BCUT2D eigenvalue weighted by atomic mass is 19.2. The lowest BCUT2D eigenvalue weighted by Crippen LogP contribution is -2.29. The molecule has 0 saturated carbocycles. The highest BCUT2D eigenvalue weighted by Crippen LogP contribution is 2.30. The summed E-state index contributed by atoms with van der Waals surface area (Å²) in [5, 5.41) is 10.3. The summed E-state index contributed by atoms with van der Waals surface area (Å²) in [7, 11) is 3.76. The van der Waals surface area contributed by atoms with Gasteiger partial charge in [-0.3, -0.25) is 14.8 Å². The monoisotopic (exact) mass is 490 g/mol. The van der Waals surface area contributed by atoms with Crippen LogP contribution in [0.25, 0.3) is 22.0 Å². The average molecular weight is 491 g/mol. The molecule has 1 aliphatic heterocycles. The van der Waals surface area contributed by atoms with Gasteiger partial charge in [-0.05, 0) is 73.5 Å². The van der Waals surface area contributed by atoms with Gasteiger partial charge in [0.05, 0.1) is 17.4 Å². The van der Waals surface area contributed by atoms with Gasteiger partial charge >= 0.3 is 0 Å². The Labute approximate surface area is 208 Å². The Morgan fingerprint density at radius 3 is 2.61 bits per heavy atom. The van der Waals surface area contributed by atoms with E-state index < -0.39 is 17.5 Å². The number of H-pyrrole nitrogens is 1. The van der Waals surface area contributed by atoms with Crippen LogP contribution in [0, 0.1) is 11.6 Å². The number of halogens is 2. The molecule has 0 spiro atoms. The van der Waals surface area contributed by atoms with E-state index in [9.17, 15) is 13.6 Å². The predicted molar refractivity (Wildman–Crippen MR) is 137 cm³/mol. The molecule has 0 bridgehead atoms. The fourth-order valence-corrected chi connectivity index (χ4v) is 4.59. The number of carbonyl (C=O) groups excluding carboxylic acids is 1. The molecule has 1 aliphatic rings. The van der Waals surface area contributed by atoms with Gasteiger partial charge in [-0.2, -0.15) is 5.10 Å². The smallest absolute Gasteiger partial charge is 0.276 e. The number of likely N-dealkylation sites (tertiary alicyclic amines) is 1. The highest BCUT2D eigenvalue weighted by molar-refractivity contribution is 6.11. The van der Waals surface area contributed by atoms with Crippen LogP contribution >= 0.6 is 0 Å². The number of hydrogen-bond donors (Lipinski definition) is 2. The number of amides is 1. The van der Waals surface area contributed by atoms with Gasteiger partial charge in [-0.1, -0.05) is 12.5 Å². The zero-order valence-electron chi connectivity index (χ0n) is 20.3. The van der Waals surface area contributed by atoms with E-state index in [1.54, 1.807) is 42.6 Å². The summed E-state index contributed by atoms with van der Waals surface area (Å²) in [6.45, 7) is 2.49. The van der Waals surface area contributed by atoms with Gasteiger partial charge in [0, 0.05) is 31.6 Å². The minimum absolute atomic E-state index is 0.161. The summed E-state index contributed by atoms with van der Waals surface area (Å²) in [5.41, 5.74) is 2.68. The first kappa shape index (κ1) is 23.9. The van der Waals surface area contributed by atoms with E-state index in [4.69, 9.17) is 0 Å². The second-order valence-corrected chi connectivity index (χ2v) is 9.36. The van der Waals surface area contributed by atoms with E-state index in [1.807, 2.05) is 19.0 Å². The fraction of sp³-hybridized carbons (Fsp3) is 0.296. The van der Waals surface area contributed by atoms with Crippen molar-refractivity contribution in [3.8, 4) is 11.1 Å². The van der Waals surface area contributed by atoms with E-state index in [0.717, 1.165) is 37.3 Å². The van der Waals surface area contributed by atoms with Crippen molar-refractivity contribution < 1.29 is 13.6 Å². The van der Waals surface area contributed by atoms with Gasteiger partial charge in [0.2, 0.25) is 0 Å². The number of rotatable bonds is 6. The van der Waals surface area contributed by atoms with Crippen LogP contribution in [0.3, 0.4) is 0 Å². The third-order valence-corrected chi connectivity index (χ3v) is 6.50. The zero-order valence-corrected chi connectivity index (χ0v) is 20.3. The van der Waals surface area contributed by atoms with Crippen LogP contribution in [0.2, 0.25) is 0 Å². The lowest BCUT2D eigenvalue weighted by Gasteiger charge is -2.26. The predicted octanol–water partition coefficient (Wildman–Crippen LogP) is 5.21. The Bertz CT molecular complexity index is 1390. The minimum atomic E-state index is -0.904. The number of benzene rings is 2. The molecule has 0 unspecified atom stereocenters. The van der Waals surface area contributed by atoms with E-state index in [-0.39, 0.29) is 11.3 Å². The lowest BCUT2D eigenvalue weighted by atomic mass is 9.99. The fourth-order valence-electron chi connectivity index (χ4n) is 4.59. The second-order valence-electron chi connectivity index (χ2n) is 9.36. The number of aromatic amines is 1. The molecule has 5 rings (SSSR count). The Morgan fingerprint density at radius 1 is 1.08 bits per heavy atom. The van der Waals surface area contributed by atoms with Crippen molar-refractivity contribution in [3.05, 3.63) is 71.6 Å². The normalized spacial score (nSPS) is 14.2. The maximum atomic E-state index is 14.9. The van der Waals surface area contributed by atoms with E-state index in [0.29, 0.717) is 28.7 Å². The van der Waals surface area contributed by atoms with Crippen molar-refractivity contribution in [2.45, 2.75) is 25.8 Å². The largest absolute Gasteiger partial charge is 0.363 e. The molecule has 9 heteroatoms. The number of fused-ring (bicyclic) bond motifs is 1. The van der Waals surface area contributed by atoms with Crippen molar-refractivity contribution in [3.63, 3.8) is 0 Å². The highest BCUT2D eigenvalue weighted by Gasteiger charge is 2.19. The van der Waals surface area contributed by atoms with E-state index >= 15 is 0 Å². The molecule has 2 aromatic carbocycles. The van der Waals surface area contributed by atoms with E-state index in [2.05, 4.69) is 25.4 Å². The molecule has 36 heavy (non-hydrogen) atoms. The topological polar surface area (TPSA) is 77.2 Å². The van der Waals surface area contributed by atoms with Gasteiger partial charge in [0.15, 0.2) is 17.3 Å². The molecule has 1 saturated heterocycles. The Morgan fingerprint density at radius 2 is 1.89 bits per heavy atom. The first-order valence-corrected chi connectivity index (χ1v) is 12.0. The molecule has 4 aromatic rings. The van der Waals surface area contributed by atoms with Crippen LogP contribution in [-0.2, 0) is 6.54 Å². The van der Waals surface area contributed by atoms with Crippen molar-refractivity contribution >= 4 is 28.3 Å². The average Bonchev–Trinajstić information content (AvgIpc) is 3.30. The van der Waals surface area contributed by atoms with Crippen LogP contribution in [0.1, 0.15) is 35.3 Å². The van der Waals surface area contributed by atoms with Crippen molar-refractivity contribution in [1.82, 2.24) is 20.1 Å². The van der Waals surface area contributed by atoms with Gasteiger partial charge < -0.3 is 10.2 Å². The quantitative estimate of drug-likeness (QED) is 0.388. The molecule has 0 radical (unpaired) electrons. The molecule has 3 heterocycles. The van der Waals surface area contributed by atoms with Crippen LogP contribution in [-0.4, -0.2) is 53.2 Å². The number of nitrogens with one attached hydrogen (secondary N) is 2. The number of aromatic nitrogens is 3. The van der Waals surface area contributed by atoms with Gasteiger partial charge in [0.1, 0.15) is 5.82 Å². The molecule has 186 valence electrons. The summed E-state index contributed by atoms with van der Waals surface area (Å²) < 4.78 is 29.5. The summed E-state index contributed by atoms with van der Waals surface area (Å²) in [6, 6.07) is 11.6. The van der Waals surface area contributed by atoms with Crippen molar-refractivity contribution in [2.75, 3.05) is 37.4 Å². The third-order valence-electron chi connectivity index (χ3n) is 6.50. The van der Waals surface area contributed by atoms with Crippen molar-refractivity contribution in [2.24, 2.45) is 0 Å². The second kappa shape index (κ2) is 10.0. The van der Waals surface area contributed by atoms with E-state index in [1.165, 1.54) is 12.5 Å². The Hall–Kier alpha value is -3.85. The molecule has 0 atom stereocenters. The summed E-state index contributed by atoms with van der Waals surface area (Å²) in [6.07, 6.45) is 5.01. The zero-order chi connectivity index (χ0) is 25.2. The summed E-state index contributed by atoms with van der Waals surface area (Å²) >= 11 is 0. The molecule has 1 amide bonds. The van der Waals surface area contributed by atoms with Crippen molar-refractivity contribution in [1.29, 1.82) is 0 Å². The number of anilines is 2. The molecular weight excluding hydrogens is 462 g/mol. The molecule has 0 aliphatic carbocycles. The van der Waals surface area contributed by atoms with Crippen LogP contribution in [0.5, 0.6) is 0 Å². The molecular formula is C27H28F2N6O. The first-order chi connectivity index (χ1) is 17.4. The number of carbonyl (C=O) groups is 1. The molecule has 2 N–H and O–H groups in total. The SMILES string of the molecule is CN(C)c1ccc(NC(=O)c2n[nH]c3ccc(-c4cc(CN5CCCCC5)cc(F)c4F)cc23)cn1. The van der Waals surface area contributed by atoms with Gasteiger partial charge in [-0.25, -0.2) is 13.8 Å². The number of piperidine rings is 1. The maximum Gasteiger partial charge on any atom is 0.276 e. The van der Waals surface area contributed by atoms with Gasteiger partial charge in [0.25, 0.3) is 5.91 Å². The van der Waals surface area contributed by atoms with Crippen LogP contribution in [0.4, 0.5) is 20.3 Å². The van der Waals surface area contributed by atoms with Crippen LogP contribution < -0.4 is 10.2 Å². The van der Waals surface area contributed by atoms with Crippen LogP contribution in [0.15, 0.2) is 48.7 Å². The third kappa shape index (κ3) is 4.92. The van der Waals surface area contributed by atoms with Gasteiger partial charge in [-0.15, -0.1) is 0 Å². The molecule has 2 aromatic heterocycles. The number of pyridine rings is 1.